The van der Waals surface area contributed by atoms with Gasteiger partial charge in [0, 0.05) is 4.91 Å². The molecule has 0 rings (SSSR count). The summed E-state index contributed by atoms with van der Waals surface area (Å²) in [6, 6.07) is 0. The van der Waals surface area contributed by atoms with Gasteiger partial charge in [-0.25, -0.2) is 0 Å². The highest BCUT2D eigenvalue weighted by molar-refractivity contribution is 8.03. The van der Waals surface area contributed by atoms with E-state index in [9.17, 15) is 0 Å². The zero-order valence-corrected chi connectivity index (χ0v) is 6.14. The molecule has 0 aliphatic heterocycles. The van der Waals surface area contributed by atoms with Crippen LogP contribution in [-0.4, -0.2) is 6.26 Å². The minimum absolute atomic E-state index is 0.618. The van der Waals surface area contributed by atoms with Crippen LogP contribution in [0.15, 0.2) is 9.93 Å². The molecular weight excluding hydrogens is 126 g/mol. The van der Waals surface area contributed by atoms with Gasteiger partial charge < -0.3 is 5.73 Å². The molecule has 0 fully saturated rings. The third kappa shape index (κ3) is 2.88. The highest BCUT2D eigenvalue weighted by Crippen LogP contribution is 2.13. The fourth-order valence-electron chi connectivity index (χ4n) is 0.105. The lowest BCUT2D eigenvalue weighted by atomic mass is 10.7. The van der Waals surface area contributed by atoms with E-state index in [2.05, 4.69) is 12.6 Å². The molecule has 1 nitrogen and oxygen atoms in total. The quantitative estimate of drug-likeness (QED) is 0.532. The molecule has 0 unspecified atom stereocenters. The van der Waals surface area contributed by atoms with Crippen LogP contribution in [0.3, 0.4) is 0 Å². The van der Waals surface area contributed by atoms with Gasteiger partial charge in [-0.15, -0.1) is 24.4 Å². The van der Waals surface area contributed by atoms with Crippen LogP contribution in [0.4, 0.5) is 0 Å². The first kappa shape index (κ1) is 7.24. The first-order valence-corrected chi connectivity index (χ1v) is 3.55. The van der Waals surface area contributed by atoms with Gasteiger partial charge in [-0.2, -0.15) is 0 Å². The highest BCUT2D eigenvalue weighted by Gasteiger charge is 1.85. The predicted octanol–water partition coefficient (Wildman–Crippen LogP) is 1.43. The van der Waals surface area contributed by atoms with Crippen LogP contribution in [-0.2, 0) is 0 Å². The van der Waals surface area contributed by atoms with Crippen molar-refractivity contribution in [2.75, 3.05) is 6.26 Å². The summed E-state index contributed by atoms with van der Waals surface area (Å²) in [6.45, 7) is 1.94. The van der Waals surface area contributed by atoms with Crippen molar-refractivity contribution in [3.8, 4) is 0 Å². The molecular formula is C4H9NS2. The molecule has 0 amide bonds. The number of thiol groups is 1. The fourth-order valence-corrected chi connectivity index (χ4v) is 0.588. The van der Waals surface area contributed by atoms with Gasteiger partial charge in [0.1, 0.15) is 0 Å². The average molecular weight is 135 g/mol. The van der Waals surface area contributed by atoms with Gasteiger partial charge in [0.05, 0.1) is 5.03 Å². The Balaban J connectivity index is 3.72. The van der Waals surface area contributed by atoms with E-state index in [-0.39, 0.29) is 0 Å². The summed E-state index contributed by atoms with van der Waals surface area (Å²) in [6.07, 6.45) is 1.97. The van der Waals surface area contributed by atoms with Gasteiger partial charge in [0.15, 0.2) is 0 Å². The first-order chi connectivity index (χ1) is 3.18. The Kier molecular flexibility index (Phi) is 3.38. The predicted molar refractivity (Wildman–Crippen MR) is 39.4 cm³/mol. The van der Waals surface area contributed by atoms with Crippen molar-refractivity contribution in [2.45, 2.75) is 6.92 Å². The van der Waals surface area contributed by atoms with E-state index in [1.165, 1.54) is 0 Å². The largest absolute Gasteiger partial charge is 0.393 e. The van der Waals surface area contributed by atoms with Crippen molar-refractivity contribution in [3.05, 3.63) is 9.93 Å². The van der Waals surface area contributed by atoms with E-state index in [0.29, 0.717) is 5.03 Å². The lowest BCUT2D eigenvalue weighted by Crippen LogP contribution is -1.88. The van der Waals surface area contributed by atoms with Crippen LogP contribution >= 0.6 is 24.4 Å². The maximum absolute atomic E-state index is 5.27. The second-order valence-corrected chi connectivity index (χ2v) is 2.65. The number of hydrogen-bond donors (Lipinski definition) is 2. The van der Waals surface area contributed by atoms with Crippen LogP contribution in [0.1, 0.15) is 6.92 Å². The van der Waals surface area contributed by atoms with Crippen molar-refractivity contribution >= 4 is 24.4 Å². The standard InChI is InChI=1S/C4H9NS2/c1-3(7-2)4(5)6/h6H,5H2,1-2H3/b4-3-. The number of rotatable bonds is 1. The summed E-state index contributed by atoms with van der Waals surface area (Å²) in [5.41, 5.74) is 5.27. The van der Waals surface area contributed by atoms with E-state index < -0.39 is 0 Å². The zero-order chi connectivity index (χ0) is 5.86. The van der Waals surface area contributed by atoms with Crippen molar-refractivity contribution in [1.29, 1.82) is 0 Å². The monoisotopic (exact) mass is 135 g/mol. The molecule has 0 aliphatic carbocycles. The lowest BCUT2D eigenvalue weighted by molar-refractivity contribution is 1.48. The molecule has 42 valence electrons. The summed E-state index contributed by atoms with van der Waals surface area (Å²) in [5.74, 6) is 0. The molecule has 0 heterocycles. The van der Waals surface area contributed by atoms with E-state index in [1.807, 2.05) is 13.2 Å². The molecule has 2 N–H and O–H groups in total. The Morgan fingerprint density at radius 2 is 2.14 bits per heavy atom. The van der Waals surface area contributed by atoms with E-state index in [1.54, 1.807) is 11.8 Å². The van der Waals surface area contributed by atoms with Gasteiger partial charge in [-0.05, 0) is 13.2 Å². The Hall–Kier alpha value is 0.240. The highest BCUT2D eigenvalue weighted by atomic mass is 32.2. The zero-order valence-electron chi connectivity index (χ0n) is 4.43. The molecule has 0 radical (unpaired) electrons. The summed E-state index contributed by atoms with van der Waals surface area (Å²) in [4.78, 5) is 1.07. The Bertz CT molecular complexity index is 83.7. The Morgan fingerprint density at radius 1 is 1.71 bits per heavy atom. The number of nitrogens with two attached hydrogens (primary N) is 1. The molecule has 0 aromatic carbocycles. The van der Waals surface area contributed by atoms with Crippen LogP contribution in [0.5, 0.6) is 0 Å². The fraction of sp³-hybridized carbons (Fsp3) is 0.500. The maximum atomic E-state index is 5.27. The summed E-state index contributed by atoms with van der Waals surface area (Å²) >= 11 is 5.52. The molecule has 0 aliphatic rings. The number of hydrogen-bond acceptors (Lipinski definition) is 3. The third-order valence-electron chi connectivity index (χ3n) is 0.667. The molecule has 0 atom stereocenters. The smallest absolute Gasteiger partial charge is 0.0718 e. The Morgan fingerprint density at radius 3 is 2.14 bits per heavy atom. The van der Waals surface area contributed by atoms with Gasteiger partial charge >= 0.3 is 0 Å². The van der Waals surface area contributed by atoms with Gasteiger partial charge in [0.2, 0.25) is 0 Å². The van der Waals surface area contributed by atoms with Crippen molar-refractivity contribution in [2.24, 2.45) is 5.73 Å². The SMILES string of the molecule is CS/C(C)=C(/N)S. The topological polar surface area (TPSA) is 26.0 Å². The third-order valence-corrected chi connectivity index (χ3v) is 1.99. The van der Waals surface area contributed by atoms with Crippen molar-refractivity contribution in [1.82, 2.24) is 0 Å². The molecule has 0 bridgehead atoms. The van der Waals surface area contributed by atoms with E-state index in [4.69, 9.17) is 5.73 Å². The first-order valence-electron chi connectivity index (χ1n) is 1.87. The van der Waals surface area contributed by atoms with Crippen LogP contribution < -0.4 is 5.73 Å². The van der Waals surface area contributed by atoms with Crippen molar-refractivity contribution in [3.63, 3.8) is 0 Å². The van der Waals surface area contributed by atoms with Crippen LogP contribution in [0.25, 0.3) is 0 Å². The minimum Gasteiger partial charge on any atom is -0.393 e. The van der Waals surface area contributed by atoms with Crippen LogP contribution in [0.2, 0.25) is 0 Å². The molecule has 0 saturated carbocycles. The van der Waals surface area contributed by atoms with E-state index in [0.717, 1.165) is 4.91 Å². The molecule has 0 spiro atoms. The summed E-state index contributed by atoms with van der Waals surface area (Å²) < 4.78 is 0. The summed E-state index contributed by atoms with van der Waals surface area (Å²) in [7, 11) is 0. The molecule has 3 heteroatoms. The van der Waals surface area contributed by atoms with Crippen LogP contribution in [0, 0.1) is 0 Å². The normalized spacial score (nSPS) is 13.6. The molecule has 7 heavy (non-hydrogen) atoms. The van der Waals surface area contributed by atoms with E-state index >= 15 is 0 Å². The van der Waals surface area contributed by atoms with Crippen molar-refractivity contribution < 1.29 is 0 Å². The number of thioether (sulfide) groups is 1. The Labute approximate surface area is 53.8 Å². The number of allylic oxidation sites excluding steroid dienone is 1. The molecule has 0 aromatic heterocycles. The lowest BCUT2D eigenvalue weighted by Gasteiger charge is -1.93. The van der Waals surface area contributed by atoms with Gasteiger partial charge in [-0.1, -0.05) is 0 Å². The van der Waals surface area contributed by atoms with Gasteiger partial charge in [-0.3, -0.25) is 0 Å². The molecule has 0 aromatic rings. The maximum Gasteiger partial charge on any atom is 0.0718 e. The summed E-state index contributed by atoms with van der Waals surface area (Å²) in [5, 5.41) is 0.618. The second kappa shape index (κ2) is 3.27. The second-order valence-electron chi connectivity index (χ2n) is 1.15. The minimum atomic E-state index is 0.618. The average Bonchev–Trinajstić information content (AvgIpc) is 1.65. The van der Waals surface area contributed by atoms with Gasteiger partial charge in [0.25, 0.3) is 0 Å². The molecule has 0 saturated heterocycles.